The normalized spacial score (nSPS) is 15.9. The van der Waals surface area contributed by atoms with Crippen LogP contribution < -0.4 is 25.0 Å². The Morgan fingerprint density at radius 1 is 1.00 bits per heavy atom. The van der Waals surface area contributed by atoms with E-state index in [0.717, 1.165) is 73.7 Å². The van der Waals surface area contributed by atoms with Gasteiger partial charge in [-0.1, -0.05) is 12.1 Å². The number of urea groups is 1. The Morgan fingerprint density at radius 2 is 1.81 bits per heavy atom. The molecule has 2 aliphatic rings. The quantitative estimate of drug-likeness (QED) is 0.569. The summed E-state index contributed by atoms with van der Waals surface area (Å²) in [5, 5.41) is 0.908. The molecule has 3 heterocycles. The largest absolute Gasteiger partial charge is 0.462 e. The Morgan fingerprint density at radius 3 is 2.66 bits per heavy atom. The van der Waals surface area contributed by atoms with Gasteiger partial charge in [0, 0.05) is 49.9 Å². The predicted octanol–water partition coefficient (Wildman–Crippen LogP) is 3.65. The Balaban J connectivity index is 1.09. The lowest BCUT2D eigenvalue weighted by Crippen LogP contribution is -2.46. The van der Waals surface area contributed by atoms with Crippen LogP contribution in [-0.2, 0) is 0 Å². The first kappa shape index (κ1) is 20.5. The van der Waals surface area contributed by atoms with Crippen molar-refractivity contribution in [3.05, 3.63) is 48.7 Å². The summed E-state index contributed by atoms with van der Waals surface area (Å²) in [7, 11) is 0. The van der Waals surface area contributed by atoms with Gasteiger partial charge >= 0.3 is 6.03 Å². The summed E-state index contributed by atoms with van der Waals surface area (Å²) in [6, 6.07) is 13.4. The molecule has 1 saturated heterocycles. The number of nitrogens with two attached hydrogens (primary N) is 1. The molecule has 3 aromatic rings. The maximum atomic E-state index is 12.1. The van der Waals surface area contributed by atoms with Crippen molar-refractivity contribution in [3.8, 4) is 11.5 Å². The topological polar surface area (TPSA) is 84.4 Å². The van der Waals surface area contributed by atoms with Crippen LogP contribution in [0.25, 0.3) is 11.0 Å². The number of nitrogens with zero attached hydrogens (tertiary/aromatic N) is 3. The minimum atomic E-state index is -0.450. The number of anilines is 2. The van der Waals surface area contributed by atoms with Gasteiger partial charge in [0.1, 0.15) is 11.8 Å². The van der Waals surface area contributed by atoms with E-state index >= 15 is 0 Å². The highest BCUT2D eigenvalue weighted by molar-refractivity contribution is 6.01. The van der Waals surface area contributed by atoms with E-state index in [1.54, 1.807) is 11.2 Å². The number of carbonyl (C=O) groups is 1. The zero-order chi connectivity index (χ0) is 21.9. The van der Waals surface area contributed by atoms with Crippen LogP contribution in [0, 0.1) is 0 Å². The Bertz CT molecular complexity index is 1090. The molecule has 0 atom stereocenters. The van der Waals surface area contributed by atoms with E-state index in [2.05, 4.69) is 21.9 Å². The number of hydrogen-bond acceptors (Lipinski definition) is 6. The van der Waals surface area contributed by atoms with Crippen molar-refractivity contribution >= 4 is 28.4 Å². The molecule has 32 heavy (non-hydrogen) atoms. The smallest absolute Gasteiger partial charge is 0.319 e. The number of carbonyl (C=O) groups excluding carboxylic acids is 1. The SMILES string of the molecule is NC(=O)N(CCCCN1CCN(c2ccc3c(c2)OCO3)CC1)c1coc2ccccc12. The van der Waals surface area contributed by atoms with Crippen LogP contribution in [0.15, 0.2) is 53.1 Å². The first-order chi connectivity index (χ1) is 15.7. The van der Waals surface area contributed by atoms with Gasteiger partial charge in [0.15, 0.2) is 11.5 Å². The van der Waals surface area contributed by atoms with E-state index in [9.17, 15) is 4.79 Å². The summed E-state index contributed by atoms with van der Waals surface area (Å²) in [6.07, 6.45) is 3.50. The molecule has 168 valence electrons. The van der Waals surface area contributed by atoms with E-state index in [4.69, 9.17) is 19.6 Å². The molecular weight excluding hydrogens is 408 g/mol. The minimum absolute atomic E-state index is 0.302. The molecule has 2 N–H and O–H groups in total. The van der Waals surface area contributed by atoms with Gasteiger partial charge in [0.25, 0.3) is 0 Å². The lowest BCUT2D eigenvalue weighted by Gasteiger charge is -2.36. The molecule has 2 aliphatic heterocycles. The highest BCUT2D eigenvalue weighted by Crippen LogP contribution is 2.35. The Kier molecular flexibility index (Phi) is 5.77. The zero-order valence-corrected chi connectivity index (χ0v) is 18.0. The summed E-state index contributed by atoms with van der Waals surface area (Å²) < 4.78 is 16.5. The maximum Gasteiger partial charge on any atom is 0.319 e. The number of rotatable bonds is 7. The van der Waals surface area contributed by atoms with Crippen LogP contribution in [0.1, 0.15) is 12.8 Å². The van der Waals surface area contributed by atoms with Crippen LogP contribution in [-0.4, -0.2) is 57.0 Å². The average molecular weight is 437 g/mol. The third kappa shape index (κ3) is 4.18. The fourth-order valence-electron chi connectivity index (χ4n) is 4.44. The highest BCUT2D eigenvalue weighted by atomic mass is 16.7. The molecule has 0 saturated carbocycles. The summed E-state index contributed by atoms with van der Waals surface area (Å²) in [5.74, 6) is 1.65. The van der Waals surface area contributed by atoms with Crippen LogP contribution in [0.4, 0.5) is 16.2 Å². The fraction of sp³-hybridized carbons (Fsp3) is 0.375. The van der Waals surface area contributed by atoms with E-state index in [-0.39, 0.29) is 0 Å². The number of unbranched alkanes of at least 4 members (excludes halogenated alkanes) is 1. The molecule has 0 aliphatic carbocycles. The number of ether oxygens (including phenoxy) is 2. The number of fused-ring (bicyclic) bond motifs is 2. The van der Waals surface area contributed by atoms with Gasteiger partial charge in [0.2, 0.25) is 6.79 Å². The summed E-state index contributed by atoms with van der Waals surface area (Å²) in [6.45, 7) is 5.88. The van der Waals surface area contributed by atoms with Crippen LogP contribution in [0.2, 0.25) is 0 Å². The number of hydrogen-bond donors (Lipinski definition) is 1. The molecule has 2 aromatic carbocycles. The average Bonchev–Trinajstić information content (AvgIpc) is 3.46. The van der Waals surface area contributed by atoms with Gasteiger partial charge in [-0.25, -0.2) is 4.79 Å². The third-order valence-corrected chi connectivity index (χ3v) is 6.22. The molecule has 5 rings (SSSR count). The van der Waals surface area contributed by atoms with Crippen LogP contribution in [0.5, 0.6) is 11.5 Å². The van der Waals surface area contributed by atoms with Gasteiger partial charge in [0.05, 0.1) is 5.69 Å². The number of furan rings is 1. The second-order valence-corrected chi connectivity index (χ2v) is 8.18. The molecule has 1 aromatic heterocycles. The Labute approximate surface area is 187 Å². The number of para-hydroxylation sites is 1. The minimum Gasteiger partial charge on any atom is -0.462 e. The molecule has 0 spiro atoms. The van der Waals surface area contributed by atoms with E-state index in [1.807, 2.05) is 30.3 Å². The van der Waals surface area contributed by atoms with Crippen molar-refractivity contribution in [3.63, 3.8) is 0 Å². The van der Waals surface area contributed by atoms with Crippen molar-refractivity contribution in [1.29, 1.82) is 0 Å². The number of primary amides is 1. The molecule has 2 amide bonds. The number of amides is 2. The maximum absolute atomic E-state index is 12.1. The Hall–Kier alpha value is -3.39. The van der Waals surface area contributed by atoms with Crippen molar-refractivity contribution in [2.75, 3.05) is 55.9 Å². The van der Waals surface area contributed by atoms with Gasteiger partial charge < -0.3 is 24.5 Å². The van der Waals surface area contributed by atoms with Crippen molar-refractivity contribution in [2.45, 2.75) is 12.8 Å². The summed E-state index contributed by atoms with van der Waals surface area (Å²) in [4.78, 5) is 18.5. The van der Waals surface area contributed by atoms with Crippen LogP contribution in [0.3, 0.4) is 0 Å². The summed E-state index contributed by atoms with van der Waals surface area (Å²) in [5.41, 5.74) is 8.34. The van der Waals surface area contributed by atoms with Gasteiger partial charge in [-0.2, -0.15) is 0 Å². The second-order valence-electron chi connectivity index (χ2n) is 8.18. The molecule has 0 unspecified atom stereocenters. The highest BCUT2D eigenvalue weighted by Gasteiger charge is 2.21. The number of piperazine rings is 1. The predicted molar refractivity (Wildman–Crippen MR) is 124 cm³/mol. The van der Waals surface area contributed by atoms with Crippen molar-refractivity contribution in [2.24, 2.45) is 5.73 Å². The first-order valence-electron chi connectivity index (χ1n) is 11.1. The molecule has 0 bridgehead atoms. The molecular formula is C24H28N4O4. The van der Waals surface area contributed by atoms with Crippen molar-refractivity contribution in [1.82, 2.24) is 4.90 Å². The van der Waals surface area contributed by atoms with Crippen LogP contribution >= 0.6 is 0 Å². The van der Waals surface area contributed by atoms with Gasteiger partial charge in [-0.3, -0.25) is 9.80 Å². The van der Waals surface area contributed by atoms with Crippen molar-refractivity contribution < 1.29 is 18.7 Å². The third-order valence-electron chi connectivity index (χ3n) is 6.22. The first-order valence-corrected chi connectivity index (χ1v) is 11.1. The van der Waals surface area contributed by atoms with E-state index < -0.39 is 6.03 Å². The van der Waals surface area contributed by atoms with E-state index in [0.29, 0.717) is 13.3 Å². The van der Waals surface area contributed by atoms with Gasteiger partial charge in [-0.05, 0) is 43.7 Å². The number of benzene rings is 2. The molecule has 0 radical (unpaired) electrons. The van der Waals surface area contributed by atoms with Gasteiger partial charge in [-0.15, -0.1) is 0 Å². The molecule has 8 nitrogen and oxygen atoms in total. The fourth-order valence-corrected chi connectivity index (χ4v) is 4.44. The standard InChI is InChI=1S/C24H28N4O4/c25-24(29)28(20-16-30-21-6-2-1-5-19(20)21)10-4-3-9-26-11-13-27(14-12-26)18-7-8-22-23(15-18)32-17-31-22/h1-2,5-8,15-16H,3-4,9-14,17H2,(H2,25,29). The second kappa shape index (κ2) is 9.00. The monoisotopic (exact) mass is 436 g/mol. The lowest BCUT2D eigenvalue weighted by molar-refractivity contribution is 0.174. The zero-order valence-electron chi connectivity index (χ0n) is 18.0. The van der Waals surface area contributed by atoms with E-state index in [1.165, 1.54) is 5.69 Å². The summed E-state index contributed by atoms with van der Waals surface area (Å²) >= 11 is 0. The lowest BCUT2D eigenvalue weighted by atomic mass is 10.2. The molecule has 8 heteroatoms. The molecule has 1 fully saturated rings.